The largest absolute Gasteiger partial charge is 0.455 e. The maximum atomic E-state index is 13.7. The summed E-state index contributed by atoms with van der Waals surface area (Å²) in [4.78, 5) is 22.6. The lowest BCUT2D eigenvalue weighted by Crippen LogP contribution is -2.25. The zero-order chi connectivity index (χ0) is 30.9. The molecule has 0 bridgehead atoms. The van der Waals surface area contributed by atoms with Crippen LogP contribution >= 0.6 is 0 Å². The molecule has 3 aromatic carbocycles. The second-order valence-corrected chi connectivity index (χ2v) is 12.4. The van der Waals surface area contributed by atoms with Crippen LogP contribution in [-0.2, 0) is 16.8 Å². The number of hydrogen-bond acceptors (Lipinski definition) is 8. The summed E-state index contributed by atoms with van der Waals surface area (Å²) in [5.74, 6) is -0.362. The Morgan fingerprint density at radius 1 is 1.11 bits per heavy atom. The minimum atomic E-state index is -3.74. The highest BCUT2D eigenvalue weighted by Gasteiger charge is 2.28. The quantitative estimate of drug-likeness (QED) is 0.259. The van der Waals surface area contributed by atoms with E-state index in [0.29, 0.717) is 39.5 Å². The van der Waals surface area contributed by atoms with Gasteiger partial charge in [-0.1, -0.05) is 6.07 Å². The van der Waals surface area contributed by atoms with Gasteiger partial charge in [0, 0.05) is 47.7 Å². The number of nitrogens with zero attached hydrogens (tertiary/aromatic N) is 4. The number of rotatable bonds is 5. The summed E-state index contributed by atoms with van der Waals surface area (Å²) in [5.41, 5.74) is 10.8. The molecule has 3 aromatic heterocycles. The normalized spacial score (nSPS) is 12.5. The molecule has 222 valence electrons. The van der Waals surface area contributed by atoms with Gasteiger partial charge in [-0.15, -0.1) is 0 Å². The summed E-state index contributed by atoms with van der Waals surface area (Å²) in [6.45, 7) is 0.216. The number of furan rings is 1. The number of carbonyl (C=O) groups excluding carboxylic acids is 1. The number of anilines is 2. The number of ether oxygens (including phenoxy) is 1. The Kier molecular flexibility index (Phi) is 6.11. The van der Waals surface area contributed by atoms with Crippen LogP contribution in [0.2, 0.25) is 0 Å². The lowest BCUT2D eigenvalue weighted by Gasteiger charge is -2.22. The number of nitrogens with one attached hydrogen (secondary N) is 1. The van der Waals surface area contributed by atoms with Gasteiger partial charge in [0.25, 0.3) is 5.91 Å². The highest BCUT2D eigenvalue weighted by atomic mass is 32.2. The van der Waals surface area contributed by atoms with Crippen LogP contribution in [0.15, 0.2) is 71.3 Å². The molecule has 0 unspecified atom stereocenters. The first kappa shape index (κ1) is 27.4. The Labute approximate surface area is 250 Å². The summed E-state index contributed by atoms with van der Waals surface area (Å²) < 4.78 is 54.4. The Hall–Kier alpha value is -5.43. The number of benzene rings is 3. The van der Waals surface area contributed by atoms with Gasteiger partial charge in [-0.25, -0.2) is 22.8 Å². The molecule has 0 fully saturated rings. The maximum Gasteiger partial charge on any atom is 0.255 e. The standard InChI is InChI=1S/C31H25FN6O5S/c1-34-30(39)27-20-11-19(24(37(2)44(3,40)41)13-26(20)43-29(27)16-7-9-17(32)10-8-16)22-14-35-31-28(36-22)25-12-18-21(33)5-4-6-23(18)38(25)15-42-31/h4-14H,15,33H2,1-3H3,(H,34,39). The average molecular weight is 613 g/mol. The van der Waals surface area contributed by atoms with Gasteiger partial charge in [0.1, 0.15) is 22.9 Å². The monoisotopic (exact) mass is 612 g/mol. The van der Waals surface area contributed by atoms with E-state index in [1.54, 1.807) is 12.1 Å². The molecule has 3 N–H and O–H groups in total. The van der Waals surface area contributed by atoms with Crippen molar-refractivity contribution in [1.29, 1.82) is 0 Å². The van der Waals surface area contributed by atoms with Gasteiger partial charge in [-0.05, 0) is 48.5 Å². The first-order valence-corrected chi connectivity index (χ1v) is 15.3. The topological polar surface area (TPSA) is 146 Å². The van der Waals surface area contributed by atoms with Crippen molar-refractivity contribution in [2.45, 2.75) is 6.73 Å². The van der Waals surface area contributed by atoms with Crippen LogP contribution in [0.25, 0.3) is 55.8 Å². The number of fused-ring (bicyclic) bond motifs is 6. The molecule has 13 heteroatoms. The number of nitrogen functional groups attached to an aromatic ring is 1. The van der Waals surface area contributed by atoms with E-state index >= 15 is 0 Å². The van der Waals surface area contributed by atoms with E-state index in [1.165, 1.54) is 44.6 Å². The van der Waals surface area contributed by atoms with Gasteiger partial charge in [0.05, 0.1) is 40.6 Å². The van der Waals surface area contributed by atoms with Crippen molar-refractivity contribution in [3.05, 3.63) is 78.2 Å². The van der Waals surface area contributed by atoms with Crippen molar-refractivity contribution in [1.82, 2.24) is 19.9 Å². The highest BCUT2D eigenvalue weighted by molar-refractivity contribution is 7.92. The number of amides is 1. The summed E-state index contributed by atoms with van der Waals surface area (Å²) in [7, 11) is -0.840. The lowest BCUT2D eigenvalue weighted by atomic mass is 10.0. The predicted octanol–water partition coefficient (Wildman–Crippen LogP) is 5.01. The van der Waals surface area contributed by atoms with E-state index in [-0.39, 0.29) is 29.3 Å². The second-order valence-electron chi connectivity index (χ2n) is 10.4. The maximum absolute atomic E-state index is 13.7. The highest BCUT2D eigenvalue weighted by Crippen LogP contribution is 2.43. The van der Waals surface area contributed by atoms with E-state index in [9.17, 15) is 17.6 Å². The Morgan fingerprint density at radius 2 is 1.89 bits per heavy atom. The fourth-order valence-electron chi connectivity index (χ4n) is 5.48. The zero-order valence-electron chi connectivity index (χ0n) is 23.8. The molecular formula is C31H25FN6O5S. The molecule has 11 nitrogen and oxygen atoms in total. The number of hydrogen-bond donors (Lipinski definition) is 2. The zero-order valence-corrected chi connectivity index (χ0v) is 24.6. The van der Waals surface area contributed by atoms with Gasteiger partial charge in [0.2, 0.25) is 15.9 Å². The van der Waals surface area contributed by atoms with Crippen molar-refractivity contribution in [2.24, 2.45) is 0 Å². The number of halogens is 1. The van der Waals surface area contributed by atoms with E-state index < -0.39 is 21.7 Å². The van der Waals surface area contributed by atoms with E-state index in [2.05, 4.69) is 10.3 Å². The molecule has 6 aromatic rings. The second kappa shape index (κ2) is 9.81. The number of aromatic nitrogens is 3. The fraction of sp³-hybridized carbons (Fsp3) is 0.129. The molecule has 0 spiro atoms. The molecule has 1 aliphatic rings. The van der Waals surface area contributed by atoms with Gasteiger partial charge < -0.3 is 24.8 Å². The van der Waals surface area contributed by atoms with Gasteiger partial charge in [0.15, 0.2) is 6.73 Å². The fourth-order valence-corrected chi connectivity index (χ4v) is 5.99. The third kappa shape index (κ3) is 4.23. The Morgan fingerprint density at radius 3 is 2.61 bits per heavy atom. The van der Waals surface area contributed by atoms with Crippen LogP contribution in [-0.4, -0.2) is 49.2 Å². The summed E-state index contributed by atoms with van der Waals surface area (Å²) in [6.07, 6.45) is 2.57. The van der Waals surface area contributed by atoms with Crippen LogP contribution < -0.4 is 20.1 Å². The predicted molar refractivity (Wildman–Crippen MR) is 165 cm³/mol. The van der Waals surface area contributed by atoms with Crippen molar-refractivity contribution in [3.63, 3.8) is 0 Å². The molecule has 1 aliphatic heterocycles. The van der Waals surface area contributed by atoms with Crippen LogP contribution in [0.3, 0.4) is 0 Å². The van der Waals surface area contributed by atoms with Gasteiger partial charge >= 0.3 is 0 Å². The SMILES string of the molecule is CNC(=O)c1c(-c2ccc(F)cc2)oc2cc(N(C)S(C)(=O)=O)c(-c3cnc4c(n3)-c3cc5c(N)cccc5n3CO4)cc12. The number of carbonyl (C=O) groups is 1. The molecule has 7 rings (SSSR count). The third-order valence-corrected chi connectivity index (χ3v) is 8.96. The minimum absolute atomic E-state index is 0.203. The lowest BCUT2D eigenvalue weighted by molar-refractivity contribution is 0.0964. The molecule has 0 atom stereocenters. The molecule has 0 saturated carbocycles. The van der Waals surface area contributed by atoms with Crippen LogP contribution in [0.4, 0.5) is 15.8 Å². The van der Waals surface area contributed by atoms with Crippen molar-refractivity contribution in [3.8, 4) is 39.8 Å². The minimum Gasteiger partial charge on any atom is -0.455 e. The first-order chi connectivity index (χ1) is 21.0. The van der Waals surface area contributed by atoms with Crippen LogP contribution in [0, 0.1) is 5.82 Å². The van der Waals surface area contributed by atoms with E-state index in [1.807, 2.05) is 28.8 Å². The average Bonchev–Trinajstić information content (AvgIpc) is 3.59. The third-order valence-electron chi connectivity index (χ3n) is 7.77. The van der Waals surface area contributed by atoms with Gasteiger partial charge in [-0.3, -0.25) is 9.10 Å². The number of nitrogens with two attached hydrogens (primary N) is 1. The summed E-state index contributed by atoms with van der Waals surface area (Å²) in [5, 5.41) is 3.88. The van der Waals surface area contributed by atoms with Crippen molar-refractivity contribution >= 4 is 49.2 Å². The van der Waals surface area contributed by atoms with Crippen LogP contribution in [0.5, 0.6) is 5.88 Å². The first-order valence-electron chi connectivity index (χ1n) is 13.5. The summed E-state index contributed by atoms with van der Waals surface area (Å²) >= 11 is 0. The summed E-state index contributed by atoms with van der Waals surface area (Å²) in [6, 6.07) is 16.3. The molecule has 1 amide bonds. The Balaban J connectivity index is 1.50. The number of sulfonamides is 1. The smallest absolute Gasteiger partial charge is 0.255 e. The molecule has 0 aliphatic carbocycles. The van der Waals surface area contributed by atoms with Crippen molar-refractivity contribution in [2.75, 3.05) is 30.4 Å². The van der Waals surface area contributed by atoms with Crippen LogP contribution in [0.1, 0.15) is 10.4 Å². The van der Waals surface area contributed by atoms with E-state index in [0.717, 1.165) is 27.2 Å². The van der Waals surface area contributed by atoms with Gasteiger partial charge in [-0.2, -0.15) is 0 Å². The molecule has 0 saturated heterocycles. The van der Waals surface area contributed by atoms with Crippen molar-refractivity contribution < 1.29 is 26.8 Å². The van der Waals surface area contributed by atoms with E-state index in [4.69, 9.17) is 19.9 Å². The molecular weight excluding hydrogens is 587 g/mol. The Bertz CT molecular complexity index is 2260. The molecule has 0 radical (unpaired) electrons. The molecule has 4 heterocycles. The molecule has 44 heavy (non-hydrogen) atoms.